The quantitative estimate of drug-likeness (QED) is 0.688. The van der Waals surface area contributed by atoms with Crippen molar-refractivity contribution in [3.05, 3.63) is 54.0 Å². The number of amides is 1. The van der Waals surface area contributed by atoms with Crippen LogP contribution in [0.15, 0.2) is 52.0 Å². The summed E-state index contributed by atoms with van der Waals surface area (Å²) in [5.74, 6) is -0.606. The molecule has 1 aromatic heterocycles. The van der Waals surface area contributed by atoms with Gasteiger partial charge >= 0.3 is 0 Å². The Morgan fingerprint density at radius 2 is 1.85 bits per heavy atom. The van der Waals surface area contributed by atoms with Crippen molar-refractivity contribution in [2.75, 3.05) is 39.4 Å². The SMILES string of the molecule is O=C(NCCCN1CCOCC1)c1occc1CS(=O)(=O)c1ccccc1. The van der Waals surface area contributed by atoms with Crippen LogP contribution in [0.2, 0.25) is 0 Å². The number of morpholine rings is 1. The van der Waals surface area contributed by atoms with E-state index < -0.39 is 9.84 Å². The minimum absolute atomic E-state index is 0.0564. The van der Waals surface area contributed by atoms with Gasteiger partial charge in [0.1, 0.15) is 0 Å². The molecule has 8 heteroatoms. The molecule has 27 heavy (non-hydrogen) atoms. The first-order chi connectivity index (χ1) is 13.1. The summed E-state index contributed by atoms with van der Waals surface area (Å²) in [6.07, 6.45) is 2.16. The molecule has 0 saturated carbocycles. The van der Waals surface area contributed by atoms with E-state index in [9.17, 15) is 13.2 Å². The van der Waals surface area contributed by atoms with E-state index >= 15 is 0 Å². The van der Waals surface area contributed by atoms with Crippen LogP contribution in [0.5, 0.6) is 0 Å². The van der Waals surface area contributed by atoms with E-state index in [1.807, 2.05) is 0 Å². The van der Waals surface area contributed by atoms with Crippen LogP contribution in [-0.2, 0) is 20.3 Å². The first-order valence-corrected chi connectivity index (χ1v) is 10.6. The first kappa shape index (κ1) is 19.6. The predicted octanol–water partition coefficient (Wildman–Crippen LogP) is 1.71. The van der Waals surface area contributed by atoms with Gasteiger partial charge in [-0.1, -0.05) is 18.2 Å². The Labute approximate surface area is 159 Å². The number of hydrogen-bond donors (Lipinski definition) is 1. The van der Waals surface area contributed by atoms with Gasteiger partial charge in [-0.3, -0.25) is 9.69 Å². The lowest BCUT2D eigenvalue weighted by Gasteiger charge is -2.26. The highest BCUT2D eigenvalue weighted by atomic mass is 32.2. The number of nitrogens with one attached hydrogen (secondary N) is 1. The molecule has 1 aliphatic heterocycles. The maximum Gasteiger partial charge on any atom is 0.287 e. The van der Waals surface area contributed by atoms with Crippen molar-refractivity contribution in [1.29, 1.82) is 0 Å². The number of benzene rings is 1. The normalized spacial score (nSPS) is 15.6. The van der Waals surface area contributed by atoms with Gasteiger partial charge in [-0.05, 0) is 31.2 Å². The number of ether oxygens (including phenoxy) is 1. The molecule has 1 amide bonds. The summed E-state index contributed by atoms with van der Waals surface area (Å²) in [6.45, 7) is 4.70. The van der Waals surface area contributed by atoms with E-state index in [1.54, 1.807) is 30.3 Å². The van der Waals surface area contributed by atoms with Gasteiger partial charge in [0.15, 0.2) is 15.6 Å². The highest BCUT2D eigenvalue weighted by Crippen LogP contribution is 2.19. The molecule has 146 valence electrons. The third-order valence-corrected chi connectivity index (χ3v) is 6.12. The van der Waals surface area contributed by atoms with E-state index in [0.717, 1.165) is 39.3 Å². The second kappa shape index (κ2) is 9.16. The van der Waals surface area contributed by atoms with Crippen LogP contribution in [0.4, 0.5) is 0 Å². The van der Waals surface area contributed by atoms with Crippen LogP contribution in [0.25, 0.3) is 0 Å². The molecule has 0 unspecified atom stereocenters. The number of rotatable bonds is 8. The smallest absolute Gasteiger partial charge is 0.287 e. The van der Waals surface area contributed by atoms with Crippen molar-refractivity contribution in [2.45, 2.75) is 17.1 Å². The summed E-state index contributed by atoms with van der Waals surface area (Å²) in [5, 5.41) is 2.81. The molecule has 1 aliphatic rings. The zero-order valence-electron chi connectivity index (χ0n) is 15.1. The van der Waals surface area contributed by atoms with E-state index in [4.69, 9.17) is 9.15 Å². The molecule has 0 aliphatic carbocycles. The molecule has 2 heterocycles. The largest absolute Gasteiger partial charge is 0.459 e. The molecule has 1 aromatic carbocycles. The molecule has 0 radical (unpaired) electrons. The topological polar surface area (TPSA) is 88.8 Å². The minimum atomic E-state index is -3.54. The van der Waals surface area contributed by atoms with Gasteiger partial charge in [-0.25, -0.2) is 8.42 Å². The van der Waals surface area contributed by atoms with E-state index in [-0.39, 0.29) is 22.3 Å². The lowest BCUT2D eigenvalue weighted by Crippen LogP contribution is -2.38. The lowest BCUT2D eigenvalue weighted by molar-refractivity contribution is 0.0374. The van der Waals surface area contributed by atoms with Gasteiger partial charge in [0, 0.05) is 25.2 Å². The maximum absolute atomic E-state index is 12.5. The number of furan rings is 1. The summed E-state index contributed by atoms with van der Waals surface area (Å²) in [7, 11) is -3.54. The lowest BCUT2D eigenvalue weighted by atomic mass is 10.2. The predicted molar refractivity (Wildman–Crippen MR) is 100 cm³/mol. The van der Waals surface area contributed by atoms with Crippen molar-refractivity contribution in [3.63, 3.8) is 0 Å². The number of carbonyl (C=O) groups excluding carboxylic acids is 1. The van der Waals surface area contributed by atoms with Gasteiger partial charge in [-0.2, -0.15) is 0 Å². The van der Waals surface area contributed by atoms with Crippen LogP contribution in [0.1, 0.15) is 22.5 Å². The number of carbonyl (C=O) groups is 1. The molecule has 1 N–H and O–H groups in total. The Balaban J connectivity index is 1.53. The molecule has 3 rings (SSSR count). The van der Waals surface area contributed by atoms with Crippen molar-refractivity contribution in [3.8, 4) is 0 Å². The second-order valence-corrected chi connectivity index (χ2v) is 8.40. The molecule has 1 saturated heterocycles. The fourth-order valence-corrected chi connectivity index (χ4v) is 4.35. The van der Waals surface area contributed by atoms with Gasteiger partial charge in [0.05, 0.1) is 30.1 Å². The van der Waals surface area contributed by atoms with Crippen LogP contribution in [-0.4, -0.2) is 58.6 Å². The molecular formula is C19H24N2O5S. The average molecular weight is 392 g/mol. The summed E-state index contributed by atoms with van der Waals surface area (Å²) in [4.78, 5) is 14.9. The van der Waals surface area contributed by atoms with Crippen molar-refractivity contribution in [1.82, 2.24) is 10.2 Å². The van der Waals surface area contributed by atoms with E-state index in [1.165, 1.54) is 12.3 Å². The third-order valence-electron chi connectivity index (χ3n) is 4.44. The molecule has 0 bridgehead atoms. The summed E-state index contributed by atoms with van der Waals surface area (Å²) >= 11 is 0. The molecule has 2 aromatic rings. The van der Waals surface area contributed by atoms with Gasteiger partial charge in [-0.15, -0.1) is 0 Å². The van der Waals surface area contributed by atoms with Gasteiger partial charge in [0.2, 0.25) is 0 Å². The van der Waals surface area contributed by atoms with Crippen molar-refractivity contribution in [2.24, 2.45) is 0 Å². The highest BCUT2D eigenvalue weighted by Gasteiger charge is 2.22. The van der Waals surface area contributed by atoms with Crippen LogP contribution >= 0.6 is 0 Å². The Morgan fingerprint density at radius 3 is 2.59 bits per heavy atom. The van der Waals surface area contributed by atoms with Crippen LogP contribution < -0.4 is 5.32 Å². The fourth-order valence-electron chi connectivity index (χ4n) is 2.97. The molecule has 0 atom stereocenters. The number of sulfone groups is 1. The van der Waals surface area contributed by atoms with Crippen molar-refractivity contribution >= 4 is 15.7 Å². The number of hydrogen-bond acceptors (Lipinski definition) is 6. The number of nitrogens with zero attached hydrogens (tertiary/aromatic N) is 1. The highest BCUT2D eigenvalue weighted by molar-refractivity contribution is 7.90. The standard InChI is InChI=1S/C19H24N2O5S/c22-19(20-8-4-9-21-10-13-25-14-11-21)18-16(7-12-26-18)15-27(23,24)17-5-2-1-3-6-17/h1-3,5-7,12H,4,8-11,13-15H2,(H,20,22). The van der Waals surface area contributed by atoms with E-state index in [0.29, 0.717) is 12.1 Å². The minimum Gasteiger partial charge on any atom is -0.459 e. The summed E-state index contributed by atoms with van der Waals surface area (Å²) < 4.78 is 35.6. The van der Waals surface area contributed by atoms with Gasteiger partial charge in [0.25, 0.3) is 5.91 Å². The molecule has 0 spiro atoms. The fraction of sp³-hybridized carbons (Fsp3) is 0.421. The molecular weight excluding hydrogens is 368 g/mol. The Kier molecular flexibility index (Phi) is 6.65. The maximum atomic E-state index is 12.5. The van der Waals surface area contributed by atoms with Crippen LogP contribution in [0, 0.1) is 0 Å². The Morgan fingerprint density at radius 1 is 1.11 bits per heavy atom. The first-order valence-electron chi connectivity index (χ1n) is 8.99. The average Bonchev–Trinajstić information content (AvgIpc) is 3.14. The Bertz CT molecular complexity index is 842. The second-order valence-electron chi connectivity index (χ2n) is 6.41. The van der Waals surface area contributed by atoms with Crippen molar-refractivity contribution < 1.29 is 22.4 Å². The van der Waals surface area contributed by atoms with E-state index in [2.05, 4.69) is 10.2 Å². The Hall–Kier alpha value is -2.16. The zero-order chi connectivity index (χ0) is 19.1. The zero-order valence-corrected chi connectivity index (χ0v) is 15.9. The molecule has 7 nitrogen and oxygen atoms in total. The van der Waals surface area contributed by atoms with Gasteiger partial charge < -0.3 is 14.5 Å². The summed E-state index contributed by atoms with van der Waals surface area (Å²) in [5.41, 5.74) is 0.365. The third kappa shape index (κ3) is 5.41. The molecule has 1 fully saturated rings. The monoisotopic (exact) mass is 392 g/mol. The van der Waals surface area contributed by atoms with Crippen LogP contribution in [0.3, 0.4) is 0 Å². The summed E-state index contributed by atoms with van der Waals surface area (Å²) in [6, 6.07) is 9.71.